The number of hydrogen-bond acceptors (Lipinski definition) is 2. The number of nitrogens with two attached hydrogens (primary N) is 1. The minimum atomic E-state index is 0.155. The maximum Gasteiger partial charge on any atom is 0.0309 e. The van der Waals surface area contributed by atoms with Crippen molar-refractivity contribution in [3.8, 4) is 0 Å². The van der Waals surface area contributed by atoms with Gasteiger partial charge in [0.1, 0.15) is 0 Å². The van der Waals surface area contributed by atoms with Crippen LogP contribution in [0.4, 0.5) is 0 Å². The van der Waals surface area contributed by atoms with E-state index in [4.69, 9.17) is 5.73 Å². The summed E-state index contributed by atoms with van der Waals surface area (Å²) in [5.41, 5.74) is 7.55. The molecule has 0 saturated heterocycles. The first-order valence-corrected chi connectivity index (χ1v) is 7.18. The van der Waals surface area contributed by atoms with Crippen molar-refractivity contribution in [2.75, 3.05) is 6.54 Å². The van der Waals surface area contributed by atoms with Crippen LogP contribution in [0.2, 0.25) is 0 Å². The summed E-state index contributed by atoms with van der Waals surface area (Å²) in [5.74, 6) is 0.860. The maximum atomic E-state index is 6.05. The SMILES string of the molecule is CC1CCC(CN)(NC(C)c2ccccc2)CC1. The molecule has 2 nitrogen and oxygen atoms in total. The third kappa shape index (κ3) is 3.12. The van der Waals surface area contributed by atoms with E-state index in [1.165, 1.54) is 31.2 Å². The van der Waals surface area contributed by atoms with Gasteiger partial charge in [-0.3, -0.25) is 0 Å². The van der Waals surface area contributed by atoms with E-state index in [-0.39, 0.29) is 5.54 Å². The van der Waals surface area contributed by atoms with E-state index in [9.17, 15) is 0 Å². The van der Waals surface area contributed by atoms with E-state index in [2.05, 4.69) is 49.5 Å². The van der Waals surface area contributed by atoms with Gasteiger partial charge in [0, 0.05) is 18.1 Å². The molecule has 1 atom stereocenters. The van der Waals surface area contributed by atoms with Gasteiger partial charge in [0.2, 0.25) is 0 Å². The van der Waals surface area contributed by atoms with Crippen molar-refractivity contribution in [2.24, 2.45) is 11.7 Å². The third-order valence-electron chi connectivity index (χ3n) is 4.44. The maximum absolute atomic E-state index is 6.05. The van der Waals surface area contributed by atoms with Crippen molar-refractivity contribution >= 4 is 0 Å². The molecule has 0 bridgehead atoms. The van der Waals surface area contributed by atoms with Crippen molar-refractivity contribution in [3.05, 3.63) is 35.9 Å². The zero-order chi connectivity index (χ0) is 13.0. The molecule has 1 aromatic rings. The molecule has 1 fully saturated rings. The molecule has 0 aromatic heterocycles. The van der Waals surface area contributed by atoms with Crippen LogP contribution in [0.1, 0.15) is 51.1 Å². The van der Waals surface area contributed by atoms with Gasteiger partial charge in [0.15, 0.2) is 0 Å². The Morgan fingerprint density at radius 3 is 2.44 bits per heavy atom. The van der Waals surface area contributed by atoms with Gasteiger partial charge >= 0.3 is 0 Å². The molecule has 0 radical (unpaired) electrons. The average Bonchev–Trinajstić information content (AvgIpc) is 2.43. The van der Waals surface area contributed by atoms with Gasteiger partial charge in [-0.2, -0.15) is 0 Å². The lowest BCUT2D eigenvalue weighted by atomic mass is 9.76. The first-order valence-electron chi connectivity index (χ1n) is 7.18. The molecule has 0 spiro atoms. The Hall–Kier alpha value is -0.860. The zero-order valence-corrected chi connectivity index (χ0v) is 11.7. The second-order valence-electron chi connectivity index (χ2n) is 5.94. The molecule has 3 N–H and O–H groups in total. The van der Waals surface area contributed by atoms with Crippen molar-refractivity contribution in [3.63, 3.8) is 0 Å². The monoisotopic (exact) mass is 246 g/mol. The summed E-state index contributed by atoms with van der Waals surface area (Å²) in [6.07, 6.45) is 5.01. The Kier molecular flexibility index (Phi) is 4.41. The first-order chi connectivity index (χ1) is 8.65. The van der Waals surface area contributed by atoms with Crippen LogP contribution < -0.4 is 11.1 Å². The standard InChI is InChI=1S/C16H26N2/c1-13-8-10-16(12-17,11-9-13)18-14(2)15-6-4-3-5-7-15/h3-7,13-14,18H,8-12,17H2,1-2H3. The fraction of sp³-hybridized carbons (Fsp3) is 0.625. The molecular formula is C16H26N2. The van der Waals surface area contributed by atoms with Crippen molar-refractivity contribution in [1.29, 1.82) is 0 Å². The van der Waals surface area contributed by atoms with Crippen molar-refractivity contribution in [2.45, 2.75) is 51.1 Å². The van der Waals surface area contributed by atoms with Gasteiger partial charge in [-0.1, -0.05) is 37.3 Å². The van der Waals surface area contributed by atoms with Crippen LogP contribution in [0.15, 0.2) is 30.3 Å². The topological polar surface area (TPSA) is 38.0 Å². The van der Waals surface area contributed by atoms with Gasteiger partial charge in [-0.15, -0.1) is 0 Å². The molecule has 0 aliphatic heterocycles. The van der Waals surface area contributed by atoms with Crippen LogP contribution in [0.25, 0.3) is 0 Å². The normalized spacial score (nSPS) is 30.1. The molecular weight excluding hydrogens is 220 g/mol. The second-order valence-corrected chi connectivity index (χ2v) is 5.94. The van der Waals surface area contributed by atoms with E-state index in [0.29, 0.717) is 6.04 Å². The van der Waals surface area contributed by atoms with Gasteiger partial charge in [0.05, 0.1) is 0 Å². The lowest BCUT2D eigenvalue weighted by Gasteiger charge is -2.41. The summed E-state index contributed by atoms with van der Waals surface area (Å²) in [7, 11) is 0. The predicted octanol–water partition coefficient (Wildman–Crippen LogP) is 3.24. The summed E-state index contributed by atoms with van der Waals surface area (Å²) >= 11 is 0. The van der Waals surface area contributed by atoms with Crippen LogP contribution in [0.3, 0.4) is 0 Å². The number of nitrogens with one attached hydrogen (secondary N) is 1. The molecule has 0 heterocycles. The summed E-state index contributed by atoms with van der Waals surface area (Å²) in [5, 5.41) is 3.79. The van der Waals surface area contributed by atoms with E-state index >= 15 is 0 Å². The highest BCUT2D eigenvalue weighted by molar-refractivity contribution is 5.19. The Balaban J connectivity index is 2.02. The fourth-order valence-corrected chi connectivity index (χ4v) is 3.01. The zero-order valence-electron chi connectivity index (χ0n) is 11.7. The first kappa shape index (κ1) is 13.6. The smallest absolute Gasteiger partial charge is 0.0309 e. The molecule has 1 aliphatic rings. The third-order valence-corrected chi connectivity index (χ3v) is 4.44. The molecule has 18 heavy (non-hydrogen) atoms. The molecule has 1 unspecified atom stereocenters. The minimum absolute atomic E-state index is 0.155. The molecule has 100 valence electrons. The minimum Gasteiger partial charge on any atom is -0.329 e. The Labute approximate surface area is 111 Å². The van der Waals surface area contributed by atoms with Crippen LogP contribution in [-0.4, -0.2) is 12.1 Å². The fourth-order valence-electron chi connectivity index (χ4n) is 3.01. The van der Waals surface area contributed by atoms with Crippen LogP contribution in [-0.2, 0) is 0 Å². The lowest BCUT2D eigenvalue weighted by Crippen LogP contribution is -2.53. The van der Waals surface area contributed by atoms with Crippen LogP contribution in [0, 0.1) is 5.92 Å². The highest BCUT2D eigenvalue weighted by Gasteiger charge is 2.33. The summed E-state index contributed by atoms with van der Waals surface area (Å²) in [6, 6.07) is 11.0. The average molecular weight is 246 g/mol. The van der Waals surface area contributed by atoms with Gasteiger partial charge < -0.3 is 11.1 Å². The summed E-state index contributed by atoms with van der Waals surface area (Å²) < 4.78 is 0. The quantitative estimate of drug-likeness (QED) is 0.856. The number of hydrogen-bond donors (Lipinski definition) is 2. The van der Waals surface area contributed by atoms with Gasteiger partial charge in [0.25, 0.3) is 0 Å². The van der Waals surface area contributed by atoms with E-state index in [1.54, 1.807) is 0 Å². The summed E-state index contributed by atoms with van der Waals surface area (Å²) in [4.78, 5) is 0. The van der Waals surface area contributed by atoms with Gasteiger partial charge in [-0.25, -0.2) is 0 Å². The Bertz CT molecular complexity index is 353. The van der Waals surface area contributed by atoms with Gasteiger partial charge in [-0.05, 0) is 44.1 Å². The molecule has 1 saturated carbocycles. The van der Waals surface area contributed by atoms with Crippen LogP contribution in [0.5, 0.6) is 0 Å². The van der Waals surface area contributed by atoms with Crippen LogP contribution >= 0.6 is 0 Å². The molecule has 2 heteroatoms. The number of rotatable bonds is 4. The second kappa shape index (κ2) is 5.85. The molecule has 1 aromatic carbocycles. The van der Waals surface area contributed by atoms with Crippen molar-refractivity contribution in [1.82, 2.24) is 5.32 Å². The lowest BCUT2D eigenvalue weighted by molar-refractivity contribution is 0.186. The van der Waals surface area contributed by atoms with Crippen molar-refractivity contribution < 1.29 is 0 Å². The Morgan fingerprint density at radius 2 is 1.89 bits per heavy atom. The van der Waals surface area contributed by atoms with E-state index in [0.717, 1.165) is 12.5 Å². The number of benzene rings is 1. The Morgan fingerprint density at radius 1 is 1.28 bits per heavy atom. The highest BCUT2D eigenvalue weighted by atomic mass is 15.0. The highest BCUT2D eigenvalue weighted by Crippen LogP contribution is 2.33. The molecule has 0 amide bonds. The van der Waals surface area contributed by atoms with E-state index in [1.807, 2.05) is 0 Å². The molecule has 2 rings (SSSR count). The summed E-state index contributed by atoms with van der Waals surface area (Å²) in [6.45, 7) is 5.34. The van der Waals surface area contributed by atoms with E-state index < -0.39 is 0 Å². The largest absolute Gasteiger partial charge is 0.329 e. The molecule has 1 aliphatic carbocycles. The predicted molar refractivity (Wildman–Crippen MR) is 77.4 cm³/mol.